The van der Waals surface area contributed by atoms with E-state index in [2.05, 4.69) is 53.4 Å². The van der Waals surface area contributed by atoms with Crippen molar-refractivity contribution in [3.63, 3.8) is 0 Å². The second kappa shape index (κ2) is 9.77. The van der Waals surface area contributed by atoms with Crippen LogP contribution < -0.4 is 10.2 Å². The van der Waals surface area contributed by atoms with E-state index in [1.807, 2.05) is 51.4 Å². The Morgan fingerprint density at radius 1 is 0.974 bits per heavy atom. The molecule has 10 heteroatoms. The summed E-state index contributed by atoms with van der Waals surface area (Å²) < 4.78 is 0. The van der Waals surface area contributed by atoms with Gasteiger partial charge >= 0.3 is 0 Å². The summed E-state index contributed by atoms with van der Waals surface area (Å²) in [5, 5.41) is 11.7. The van der Waals surface area contributed by atoms with Gasteiger partial charge in [0.05, 0.1) is 41.0 Å². The number of carbonyl (C=O) groups is 1. The molecule has 10 nitrogen and oxygen atoms in total. The SMILES string of the molecule is CN1CCN(c2cncc3[nH]c(-c4n[nH]c5ccc(-c6cncc(NC(=O)CC(C)(C)C)c6)cc45)nc23)CC1. The number of pyridine rings is 2. The molecule has 1 fully saturated rings. The van der Waals surface area contributed by atoms with Crippen LogP contribution in [0.15, 0.2) is 49.1 Å². The number of carbonyl (C=O) groups excluding carboxylic acids is 1. The average molecular weight is 524 g/mol. The monoisotopic (exact) mass is 523 g/mol. The van der Waals surface area contributed by atoms with Crippen LogP contribution in [0.3, 0.4) is 0 Å². The van der Waals surface area contributed by atoms with E-state index in [1.165, 1.54) is 0 Å². The lowest BCUT2D eigenvalue weighted by atomic mass is 9.92. The summed E-state index contributed by atoms with van der Waals surface area (Å²) in [5.41, 5.74) is 6.95. The van der Waals surface area contributed by atoms with E-state index in [-0.39, 0.29) is 11.3 Å². The van der Waals surface area contributed by atoms with E-state index in [0.717, 1.165) is 70.6 Å². The molecule has 5 aromatic rings. The lowest BCUT2D eigenvalue weighted by Crippen LogP contribution is -2.44. The fourth-order valence-electron chi connectivity index (χ4n) is 5.04. The number of nitrogens with one attached hydrogen (secondary N) is 3. The van der Waals surface area contributed by atoms with Gasteiger partial charge in [0, 0.05) is 49.7 Å². The van der Waals surface area contributed by atoms with Crippen molar-refractivity contribution in [3.05, 3.63) is 49.1 Å². The minimum atomic E-state index is -0.0875. The number of H-pyrrole nitrogens is 2. The first kappa shape index (κ1) is 25.0. The first-order valence-electron chi connectivity index (χ1n) is 13.2. The summed E-state index contributed by atoms with van der Waals surface area (Å²) in [6.45, 7) is 10.0. The molecule has 0 atom stereocenters. The molecule has 1 aliphatic heterocycles. The number of nitrogens with zero attached hydrogens (tertiary/aromatic N) is 6. The molecule has 1 saturated heterocycles. The van der Waals surface area contributed by atoms with Crippen LogP contribution in [0.5, 0.6) is 0 Å². The summed E-state index contributed by atoms with van der Waals surface area (Å²) in [6.07, 6.45) is 7.63. The van der Waals surface area contributed by atoms with Gasteiger partial charge in [0.15, 0.2) is 5.82 Å². The number of amides is 1. The van der Waals surface area contributed by atoms with Crippen molar-refractivity contribution in [2.75, 3.05) is 43.4 Å². The number of piperazine rings is 1. The molecule has 0 aliphatic carbocycles. The number of aromatic nitrogens is 6. The minimum absolute atomic E-state index is 0.0238. The Kier molecular flexibility index (Phi) is 6.26. The zero-order chi connectivity index (χ0) is 27.1. The topological polar surface area (TPSA) is 119 Å². The Bertz CT molecular complexity index is 1650. The van der Waals surface area contributed by atoms with Gasteiger partial charge in [0.2, 0.25) is 5.91 Å². The van der Waals surface area contributed by atoms with Crippen LogP contribution in [0.2, 0.25) is 0 Å². The van der Waals surface area contributed by atoms with Crippen molar-refractivity contribution in [1.82, 2.24) is 35.0 Å². The third kappa shape index (κ3) is 5.20. The van der Waals surface area contributed by atoms with Crippen LogP contribution in [-0.4, -0.2) is 74.2 Å². The zero-order valence-corrected chi connectivity index (χ0v) is 22.7. The molecule has 0 unspecified atom stereocenters. The summed E-state index contributed by atoms with van der Waals surface area (Å²) in [4.78, 5) is 34.4. The third-order valence-corrected chi connectivity index (χ3v) is 7.05. The quantitative estimate of drug-likeness (QED) is 0.306. The Labute approximate surface area is 226 Å². The number of benzene rings is 1. The number of rotatable bonds is 5. The van der Waals surface area contributed by atoms with Gasteiger partial charge in [-0.2, -0.15) is 5.10 Å². The normalized spacial score (nSPS) is 14.8. The number of hydrogen-bond donors (Lipinski definition) is 3. The summed E-state index contributed by atoms with van der Waals surface area (Å²) in [7, 11) is 2.15. The number of imidazole rings is 1. The Morgan fingerprint density at radius 3 is 2.56 bits per heavy atom. The van der Waals surface area contributed by atoms with E-state index in [9.17, 15) is 4.79 Å². The average Bonchev–Trinajstić information content (AvgIpc) is 3.52. The second-order valence-electron chi connectivity index (χ2n) is 11.5. The molecule has 1 aliphatic rings. The summed E-state index contributed by atoms with van der Waals surface area (Å²) >= 11 is 0. The smallest absolute Gasteiger partial charge is 0.224 e. The van der Waals surface area contributed by atoms with Crippen molar-refractivity contribution >= 4 is 39.2 Å². The number of aromatic amines is 2. The van der Waals surface area contributed by atoms with E-state index >= 15 is 0 Å². The maximum absolute atomic E-state index is 12.5. The van der Waals surface area contributed by atoms with Crippen LogP contribution in [0, 0.1) is 5.41 Å². The predicted octanol–water partition coefficient (Wildman–Crippen LogP) is 4.69. The van der Waals surface area contributed by atoms with Crippen molar-refractivity contribution in [2.45, 2.75) is 27.2 Å². The van der Waals surface area contributed by atoms with Crippen molar-refractivity contribution < 1.29 is 4.79 Å². The van der Waals surface area contributed by atoms with Gasteiger partial charge in [-0.05, 0) is 36.2 Å². The molecule has 200 valence electrons. The highest BCUT2D eigenvalue weighted by Crippen LogP contribution is 2.33. The second-order valence-corrected chi connectivity index (χ2v) is 11.5. The fraction of sp³-hybridized carbons (Fsp3) is 0.345. The largest absolute Gasteiger partial charge is 0.366 e. The molecule has 0 saturated carbocycles. The van der Waals surface area contributed by atoms with Crippen molar-refractivity contribution in [3.8, 4) is 22.6 Å². The summed E-state index contributed by atoms with van der Waals surface area (Å²) in [5.74, 6) is 0.669. The van der Waals surface area contributed by atoms with Crippen molar-refractivity contribution in [1.29, 1.82) is 0 Å². The highest BCUT2D eigenvalue weighted by atomic mass is 16.1. The highest BCUT2D eigenvalue weighted by Gasteiger charge is 2.21. The molecule has 1 aromatic carbocycles. The third-order valence-electron chi connectivity index (χ3n) is 7.05. The van der Waals surface area contributed by atoms with E-state index in [0.29, 0.717) is 17.9 Å². The summed E-state index contributed by atoms with van der Waals surface area (Å²) in [6, 6.07) is 8.06. The first-order valence-corrected chi connectivity index (χ1v) is 13.2. The predicted molar refractivity (Wildman–Crippen MR) is 155 cm³/mol. The number of likely N-dealkylation sites (N-methyl/N-ethyl adjacent to an activating group) is 1. The van der Waals surface area contributed by atoms with E-state index in [4.69, 9.17) is 4.98 Å². The zero-order valence-electron chi connectivity index (χ0n) is 22.7. The molecule has 6 rings (SSSR count). The Balaban J connectivity index is 1.32. The van der Waals surface area contributed by atoms with Crippen LogP contribution >= 0.6 is 0 Å². The molecule has 0 bridgehead atoms. The molecule has 4 aromatic heterocycles. The van der Waals surface area contributed by atoms with Gasteiger partial charge in [-0.25, -0.2) is 4.98 Å². The molecule has 0 radical (unpaired) electrons. The van der Waals surface area contributed by atoms with Crippen LogP contribution in [0.1, 0.15) is 27.2 Å². The molecule has 3 N–H and O–H groups in total. The van der Waals surface area contributed by atoms with Crippen LogP contribution in [0.4, 0.5) is 11.4 Å². The highest BCUT2D eigenvalue weighted by molar-refractivity contribution is 5.97. The maximum atomic E-state index is 12.5. The molecule has 5 heterocycles. The molecular weight excluding hydrogens is 490 g/mol. The maximum Gasteiger partial charge on any atom is 0.224 e. The Hall–Kier alpha value is -4.31. The lowest BCUT2D eigenvalue weighted by Gasteiger charge is -2.33. The molecule has 0 spiro atoms. The molecular formula is C29H33N9O. The number of anilines is 2. The fourth-order valence-corrected chi connectivity index (χ4v) is 5.04. The minimum Gasteiger partial charge on any atom is -0.366 e. The molecule has 1 amide bonds. The first-order chi connectivity index (χ1) is 18.7. The lowest BCUT2D eigenvalue weighted by molar-refractivity contribution is -0.117. The standard InChI is InChI=1S/C29H33N9O/c1-29(2,3)13-25(39)32-20-11-19(14-30-15-20)18-5-6-22-21(12-18)26(36-35-22)28-33-23-16-31-17-24(27(23)34-28)38-9-7-37(4)8-10-38/h5-6,11-12,14-17H,7-10,13H2,1-4H3,(H,32,39)(H,33,34)(H,35,36). The van der Waals surface area contributed by atoms with Crippen LogP contribution in [-0.2, 0) is 4.79 Å². The number of fused-ring (bicyclic) bond motifs is 2. The molecule has 39 heavy (non-hydrogen) atoms. The van der Waals surface area contributed by atoms with Gasteiger partial charge in [-0.3, -0.25) is 19.9 Å². The van der Waals surface area contributed by atoms with Gasteiger partial charge in [0.25, 0.3) is 0 Å². The van der Waals surface area contributed by atoms with Gasteiger partial charge in [-0.15, -0.1) is 0 Å². The Morgan fingerprint density at radius 2 is 1.77 bits per heavy atom. The van der Waals surface area contributed by atoms with Gasteiger partial charge in [-0.1, -0.05) is 26.8 Å². The van der Waals surface area contributed by atoms with E-state index < -0.39 is 0 Å². The van der Waals surface area contributed by atoms with Crippen LogP contribution in [0.25, 0.3) is 44.6 Å². The van der Waals surface area contributed by atoms with Gasteiger partial charge < -0.3 is 20.1 Å². The number of hydrogen-bond acceptors (Lipinski definition) is 7. The van der Waals surface area contributed by atoms with Crippen molar-refractivity contribution in [2.24, 2.45) is 5.41 Å². The van der Waals surface area contributed by atoms with Gasteiger partial charge in [0.1, 0.15) is 11.2 Å². The van der Waals surface area contributed by atoms with E-state index in [1.54, 1.807) is 12.4 Å².